The van der Waals surface area contributed by atoms with Crippen molar-refractivity contribution in [2.75, 3.05) is 13.1 Å². The maximum Gasteiger partial charge on any atom is 0.191 e. The molecule has 0 amide bonds. The Kier molecular flexibility index (Phi) is 3.16. The van der Waals surface area contributed by atoms with Gasteiger partial charge in [0.25, 0.3) is 0 Å². The maximum absolute atomic E-state index is 12.1. The topological polar surface area (TPSA) is 72.7 Å². The molecule has 100 valence electrons. The number of nitrogens with zero attached hydrogens (tertiary/aromatic N) is 4. The highest BCUT2D eigenvalue weighted by molar-refractivity contribution is 7.11. The number of nitrogens with one attached hydrogen (secondary N) is 1. The molecule has 0 unspecified atom stereocenters. The summed E-state index contributed by atoms with van der Waals surface area (Å²) in [6.07, 6.45) is 2.04. The molecule has 1 aliphatic heterocycles. The molecule has 0 aromatic carbocycles. The number of aryl methyl sites for hydroxylation is 2. The van der Waals surface area contributed by atoms with Crippen molar-refractivity contribution in [1.29, 1.82) is 0 Å². The molecule has 2 aromatic rings. The van der Waals surface area contributed by atoms with E-state index < -0.39 is 0 Å². The van der Waals surface area contributed by atoms with Gasteiger partial charge in [0.1, 0.15) is 10.7 Å². The van der Waals surface area contributed by atoms with E-state index >= 15 is 0 Å². The van der Waals surface area contributed by atoms with Gasteiger partial charge in [0.15, 0.2) is 5.78 Å². The highest BCUT2D eigenvalue weighted by Crippen LogP contribution is 2.18. The second kappa shape index (κ2) is 4.82. The van der Waals surface area contributed by atoms with Crippen LogP contribution in [0.3, 0.4) is 0 Å². The molecule has 1 saturated heterocycles. The first-order valence-electron chi connectivity index (χ1n) is 6.22. The summed E-state index contributed by atoms with van der Waals surface area (Å²) >= 11 is 1.57. The van der Waals surface area contributed by atoms with Gasteiger partial charge >= 0.3 is 0 Å². The number of ketones is 1. The van der Waals surface area contributed by atoms with Gasteiger partial charge in [-0.1, -0.05) is 5.21 Å². The van der Waals surface area contributed by atoms with Crippen LogP contribution in [0.5, 0.6) is 0 Å². The second-order valence-electron chi connectivity index (χ2n) is 4.75. The van der Waals surface area contributed by atoms with Crippen LogP contribution in [0.25, 0.3) is 0 Å². The second-order valence-corrected chi connectivity index (χ2v) is 6.03. The highest BCUT2D eigenvalue weighted by atomic mass is 32.1. The minimum atomic E-state index is -0.0210. The Morgan fingerprint density at radius 2 is 2.32 bits per heavy atom. The molecular weight excluding hydrogens is 262 g/mol. The van der Waals surface area contributed by atoms with Crippen molar-refractivity contribution in [3.05, 3.63) is 27.5 Å². The monoisotopic (exact) mass is 277 g/mol. The molecule has 0 saturated carbocycles. The van der Waals surface area contributed by atoms with Crippen molar-refractivity contribution >= 4 is 17.1 Å². The summed E-state index contributed by atoms with van der Waals surface area (Å²) in [5.41, 5.74) is 1.43. The lowest BCUT2D eigenvalue weighted by Gasteiger charge is -2.26. The molecule has 7 heteroatoms. The first kappa shape index (κ1) is 12.4. The number of thiazole rings is 1. The molecule has 0 radical (unpaired) electrons. The van der Waals surface area contributed by atoms with Crippen LogP contribution in [0.2, 0.25) is 0 Å². The molecule has 1 aliphatic rings. The normalized spacial score (nSPS) is 15.5. The largest absolute Gasteiger partial charge is 0.312 e. The van der Waals surface area contributed by atoms with E-state index in [0.717, 1.165) is 28.7 Å². The fourth-order valence-corrected chi connectivity index (χ4v) is 2.82. The SMILES string of the molecule is Cc1nc(CC(=O)c2cn(C3CNC3)nn2)sc1C. The maximum atomic E-state index is 12.1. The van der Waals surface area contributed by atoms with Crippen LogP contribution in [0.15, 0.2) is 6.20 Å². The Balaban J connectivity index is 1.71. The molecule has 3 heterocycles. The van der Waals surface area contributed by atoms with Gasteiger partial charge in [-0.25, -0.2) is 9.67 Å². The zero-order chi connectivity index (χ0) is 13.4. The van der Waals surface area contributed by atoms with E-state index in [1.54, 1.807) is 22.2 Å². The highest BCUT2D eigenvalue weighted by Gasteiger charge is 2.22. The lowest BCUT2D eigenvalue weighted by Crippen LogP contribution is -2.43. The number of aromatic nitrogens is 4. The average molecular weight is 277 g/mol. The van der Waals surface area contributed by atoms with Gasteiger partial charge in [0, 0.05) is 18.0 Å². The minimum Gasteiger partial charge on any atom is -0.312 e. The van der Waals surface area contributed by atoms with Crippen LogP contribution >= 0.6 is 11.3 Å². The number of hydrogen-bond donors (Lipinski definition) is 1. The van der Waals surface area contributed by atoms with Crippen molar-refractivity contribution in [2.45, 2.75) is 26.3 Å². The van der Waals surface area contributed by atoms with E-state index in [-0.39, 0.29) is 5.78 Å². The zero-order valence-corrected chi connectivity index (χ0v) is 11.7. The van der Waals surface area contributed by atoms with Crippen LogP contribution < -0.4 is 5.32 Å². The van der Waals surface area contributed by atoms with Gasteiger partial charge in [0.2, 0.25) is 0 Å². The van der Waals surface area contributed by atoms with Crippen LogP contribution in [0.4, 0.5) is 0 Å². The van der Waals surface area contributed by atoms with Gasteiger partial charge in [-0.2, -0.15) is 0 Å². The Morgan fingerprint density at radius 1 is 1.53 bits per heavy atom. The van der Waals surface area contributed by atoms with E-state index in [0.29, 0.717) is 18.2 Å². The van der Waals surface area contributed by atoms with Crippen molar-refractivity contribution in [2.24, 2.45) is 0 Å². The van der Waals surface area contributed by atoms with Crippen molar-refractivity contribution in [1.82, 2.24) is 25.3 Å². The first-order valence-corrected chi connectivity index (χ1v) is 7.04. The van der Waals surface area contributed by atoms with Crippen LogP contribution in [0, 0.1) is 13.8 Å². The summed E-state index contributed by atoms with van der Waals surface area (Å²) in [5.74, 6) is -0.0210. The van der Waals surface area contributed by atoms with Gasteiger partial charge in [-0.15, -0.1) is 16.4 Å². The summed E-state index contributed by atoms with van der Waals surface area (Å²) in [6.45, 7) is 5.75. The van der Waals surface area contributed by atoms with Gasteiger partial charge in [-0.05, 0) is 13.8 Å². The number of rotatable bonds is 4. The van der Waals surface area contributed by atoms with Gasteiger partial charge in [-0.3, -0.25) is 4.79 Å². The predicted molar refractivity (Wildman–Crippen MR) is 71.6 cm³/mol. The summed E-state index contributed by atoms with van der Waals surface area (Å²) in [7, 11) is 0. The lowest BCUT2D eigenvalue weighted by atomic mass is 10.2. The molecule has 1 fully saturated rings. The summed E-state index contributed by atoms with van der Waals surface area (Å²) < 4.78 is 1.77. The Hall–Kier alpha value is -1.60. The standard InChI is InChI=1S/C12H15N5OS/c1-7-8(2)19-12(14-7)3-11(18)10-6-17(16-15-10)9-4-13-5-9/h6,9,13H,3-5H2,1-2H3. The van der Waals surface area contributed by atoms with Crippen molar-refractivity contribution in [3.8, 4) is 0 Å². The van der Waals surface area contributed by atoms with Gasteiger partial charge < -0.3 is 5.32 Å². The van der Waals surface area contributed by atoms with E-state index in [4.69, 9.17) is 0 Å². The van der Waals surface area contributed by atoms with E-state index in [1.807, 2.05) is 13.8 Å². The zero-order valence-electron chi connectivity index (χ0n) is 10.9. The average Bonchev–Trinajstić information content (AvgIpc) is 2.85. The van der Waals surface area contributed by atoms with Crippen molar-refractivity contribution < 1.29 is 4.79 Å². The molecular formula is C12H15N5OS. The van der Waals surface area contributed by atoms with Crippen LogP contribution in [-0.2, 0) is 6.42 Å². The Labute approximate surface area is 114 Å². The molecule has 6 nitrogen and oxygen atoms in total. The quantitative estimate of drug-likeness (QED) is 0.841. The van der Waals surface area contributed by atoms with Crippen LogP contribution in [-0.4, -0.2) is 38.9 Å². The van der Waals surface area contributed by atoms with E-state index in [2.05, 4.69) is 20.6 Å². The number of hydrogen-bond acceptors (Lipinski definition) is 6. The third kappa shape index (κ3) is 2.43. The molecule has 1 N–H and O–H groups in total. The van der Waals surface area contributed by atoms with E-state index in [1.165, 1.54) is 0 Å². The Bertz CT molecular complexity index is 594. The molecule has 0 atom stereocenters. The molecule has 0 bridgehead atoms. The fourth-order valence-electron chi connectivity index (χ4n) is 1.89. The molecule has 2 aromatic heterocycles. The predicted octanol–water partition coefficient (Wildman–Crippen LogP) is 0.921. The summed E-state index contributed by atoms with van der Waals surface area (Å²) in [4.78, 5) is 17.6. The first-order chi connectivity index (χ1) is 9.13. The Morgan fingerprint density at radius 3 is 2.89 bits per heavy atom. The molecule has 0 aliphatic carbocycles. The van der Waals surface area contributed by atoms with Gasteiger partial charge in [0.05, 0.1) is 24.4 Å². The number of carbonyl (C=O) groups is 1. The van der Waals surface area contributed by atoms with E-state index in [9.17, 15) is 4.79 Å². The smallest absolute Gasteiger partial charge is 0.191 e. The van der Waals surface area contributed by atoms with Crippen LogP contribution in [0.1, 0.15) is 32.1 Å². The fraction of sp³-hybridized carbons (Fsp3) is 0.500. The molecule has 0 spiro atoms. The molecule has 19 heavy (non-hydrogen) atoms. The number of Topliss-reactive ketones (excluding diaryl/α,β-unsaturated/α-hetero) is 1. The summed E-state index contributed by atoms with van der Waals surface area (Å²) in [6, 6.07) is 0.332. The van der Waals surface area contributed by atoms with Crippen molar-refractivity contribution in [3.63, 3.8) is 0 Å². The minimum absolute atomic E-state index is 0.0210. The lowest BCUT2D eigenvalue weighted by molar-refractivity contribution is 0.0988. The number of carbonyl (C=O) groups excluding carboxylic acids is 1. The summed E-state index contributed by atoms with van der Waals surface area (Å²) in [5, 5.41) is 12.0. The third-order valence-corrected chi connectivity index (χ3v) is 4.39. The third-order valence-electron chi connectivity index (χ3n) is 3.31. The molecule has 3 rings (SSSR count).